The molecule has 7 heteroatoms. The molecular formula is C13H14N2O3S2. The molecule has 2 heterocycles. The van der Waals surface area contributed by atoms with Crippen LogP contribution in [0.25, 0.3) is 10.3 Å². The first-order valence-corrected chi connectivity index (χ1v) is 8.94. The third-order valence-electron chi connectivity index (χ3n) is 3.34. The zero-order valence-corrected chi connectivity index (χ0v) is 12.8. The lowest BCUT2D eigenvalue weighted by atomic mass is 10.2. The van der Waals surface area contributed by atoms with Gasteiger partial charge in [0.1, 0.15) is 16.0 Å². The molecule has 0 atom stereocenters. The lowest BCUT2D eigenvalue weighted by Crippen LogP contribution is -2.11. The topological polar surface area (TPSA) is 77.0 Å². The van der Waals surface area contributed by atoms with E-state index in [1.807, 2.05) is 0 Å². The first-order chi connectivity index (χ1) is 9.42. The summed E-state index contributed by atoms with van der Waals surface area (Å²) in [5, 5.41) is 0.994. The van der Waals surface area contributed by atoms with Crippen LogP contribution in [0.1, 0.15) is 48.1 Å². The van der Waals surface area contributed by atoms with E-state index in [1.54, 1.807) is 6.92 Å². The first-order valence-electron chi connectivity index (χ1n) is 6.47. The van der Waals surface area contributed by atoms with Crippen LogP contribution in [0.3, 0.4) is 0 Å². The van der Waals surface area contributed by atoms with Crippen LogP contribution in [0.15, 0.2) is 11.0 Å². The second-order valence-electron chi connectivity index (χ2n) is 4.95. The van der Waals surface area contributed by atoms with Gasteiger partial charge < -0.3 is 0 Å². The Morgan fingerprint density at radius 1 is 1.40 bits per heavy atom. The summed E-state index contributed by atoms with van der Waals surface area (Å²) in [5.41, 5.74) is 0.610. The summed E-state index contributed by atoms with van der Waals surface area (Å²) in [5.74, 6) is 0.0987. The van der Waals surface area contributed by atoms with Crippen LogP contribution in [-0.2, 0) is 9.84 Å². The highest BCUT2D eigenvalue weighted by molar-refractivity contribution is 7.91. The van der Waals surface area contributed by atoms with Gasteiger partial charge in [-0.3, -0.25) is 4.79 Å². The molecule has 20 heavy (non-hydrogen) atoms. The summed E-state index contributed by atoms with van der Waals surface area (Å²) in [6, 6.07) is 1.50. The Morgan fingerprint density at radius 3 is 2.65 bits per heavy atom. The Kier molecular flexibility index (Phi) is 3.13. The highest BCUT2D eigenvalue weighted by Gasteiger charge is 2.29. The SMILES string of the molecule is CCS(=O)(=O)c1cc2nc(C3CC3)sc2nc1C(C)=O. The van der Waals surface area contributed by atoms with Gasteiger partial charge in [-0.1, -0.05) is 18.3 Å². The van der Waals surface area contributed by atoms with Crippen molar-refractivity contribution < 1.29 is 13.2 Å². The Morgan fingerprint density at radius 2 is 2.10 bits per heavy atom. The molecular weight excluding hydrogens is 296 g/mol. The van der Waals surface area contributed by atoms with E-state index in [0.717, 1.165) is 17.8 Å². The number of ketones is 1. The lowest BCUT2D eigenvalue weighted by molar-refractivity contribution is 0.101. The normalized spacial score (nSPS) is 15.7. The minimum Gasteiger partial charge on any atom is -0.293 e. The summed E-state index contributed by atoms with van der Waals surface area (Å²) < 4.78 is 24.2. The highest BCUT2D eigenvalue weighted by atomic mass is 32.2. The van der Waals surface area contributed by atoms with E-state index in [0.29, 0.717) is 16.3 Å². The highest BCUT2D eigenvalue weighted by Crippen LogP contribution is 2.43. The van der Waals surface area contributed by atoms with Crippen molar-refractivity contribution >= 4 is 37.3 Å². The van der Waals surface area contributed by atoms with Crippen LogP contribution in [0.4, 0.5) is 0 Å². The van der Waals surface area contributed by atoms with E-state index in [-0.39, 0.29) is 22.1 Å². The molecule has 0 radical (unpaired) electrons. The van der Waals surface area contributed by atoms with Crippen LogP contribution in [0.5, 0.6) is 0 Å². The Hall–Kier alpha value is -1.34. The number of pyridine rings is 1. The molecule has 5 nitrogen and oxygen atoms in total. The van der Waals surface area contributed by atoms with Gasteiger partial charge in [0.2, 0.25) is 0 Å². The maximum atomic E-state index is 12.1. The molecule has 0 bridgehead atoms. The Bertz CT molecular complexity index is 804. The number of fused-ring (bicyclic) bond motifs is 1. The Balaban J connectivity index is 2.26. The summed E-state index contributed by atoms with van der Waals surface area (Å²) in [6.07, 6.45) is 2.25. The number of sulfone groups is 1. The summed E-state index contributed by atoms with van der Waals surface area (Å²) >= 11 is 1.46. The smallest absolute Gasteiger partial charge is 0.180 e. The first kappa shape index (κ1) is 13.6. The molecule has 1 fully saturated rings. The third-order valence-corrected chi connectivity index (χ3v) is 6.21. The molecule has 1 aliphatic rings. The van der Waals surface area contributed by atoms with Crippen molar-refractivity contribution in [2.75, 3.05) is 5.75 Å². The van der Waals surface area contributed by atoms with Gasteiger partial charge in [0.05, 0.1) is 15.7 Å². The zero-order valence-electron chi connectivity index (χ0n) is 11.2. The molecule has 1 saturated carbocycles. The lowest BCUT2D eigenvalue weighted by Gasteiger charge is -2.05. The minimum absolute atomic E-state index is 0.00708. The van der Waals surface area contributed by atoms with Crippen molar-refractivity contribution in [3.63, 3.8) is 0 Å². The monoisotopic (exact) mass is 310 g/mol. The quantitative estimate of drug-likeness (QED) is 0.811. The number of hydrogen-bond donors (Lipinski definition) is 0. The predicted molar refractivity (Wildman–Crippen MR) is 77.1 cm³/mol. The molecule has 0 spiro atoms. The summed E-state index contributed by atoms with van der Waals surface area (Å²) in [4.78, 5) is 21.0. The van der Waals surface area contributed by atoms with E-state index in [9.17, 15) is 13.2 Å². The maximum absolute atomic E-state index is 12.1. The molecule has 2 aromatic heterocycles. The van der Waals surface area contributed by atoms with Crippen LogP contribution in [-0.4, -0.2) is 29.9 Å². The van der Waals surface area contributed by atoms with Crippen molar-refractivity contribution in [2.45, 2.75) is 37.5 Å². The molecule has 2 aromatic rings. The molecule has 1 aliphatic carbocycles. The van der Waals surface area contributed by atoms with Crippen LogP contribution < -0.4 is 0 Å². The fourth-order valence-electron chi connectivity index (χ4n) is 2.01. The molecule has 0 saturated heterocycles. The van der Waals surface area contributed by atoms with Crippen molar-refractivity contribution in [1.82, 2.24) is 9.97 Å². The molecule has 0 unspecified atom stereocenters. The fourth-order valence-corrected chi connectivity index (χ4v) is 4.19. The standard InChI is InChI=1S/C13H14N2O3S2/c1-3-20(17,18)10-6-9-13(15-11(10)7(2)16)19-12(14-9)8-4-5-8/h6,8H,3-5H2,1-2H3. The number of thiazole rings is 1. The average Bonchev–Trinajstić information content (AvgIpc) is 3.17. The molecule has 3 rings (SSSR count). The minimum atomic E-state index is -3.48. The van der Waals surface area contributed by atoms with Crippen LogP contribution in [0.2, 0.25) is 0 Å². The van der Waals surface area contributed by atoms with E-state index >= 15 is 0 Å². The van der Waals surface area contributed by atoms with Crippen LogP contribution >= 0.6 is 11.3 Å². The van der Waals surface area contributed by atoms with Gasteiger partial charge in [-0.25, -0.2) is 18.4 Å². The van der Waals surface area contributed by atoms with Crippen molar-refractivity contribution in [1.29, 1.82) is 0 Å². The maximum Gasteiger partial charge on any atom is 0.180 e. The summed E-state index contributed by atoms with van der Waals surface area (Å²) in [6.45, 7) is 2.89. The van der Waals surface area contributed by atoms with Gasteiger partial charge in [-0.2, -0.15) is 0 Å². The second kappa shape index (κ2) is 4.60. The number of nitrogens with zero attached hydrogens (tertiary/aromatic N) is 2. The molecule has 0 aliphatic heterocycles. The summed E-state index contributed by atoms with van der Waals surface area (Å²) in [7, 11) is -3.48. The number of hydrogen-bond acceptors (Lipinski definition) is 6. The second-order valence-corrected chi connectivity index (χ2v) is 8.20. The molecule has 0 N–H and O–H groups in total. The fraction of sp³-hybridized carbons (Fsp3) is 0.462. The van der Waals surface area contributed by atoms with Gasteiger partial charge in [0.15, 0.2) is 15.6 Å². The van der Waals surface area contributed by atoms with Crippen molar-refractivity contribution in [2.24, 2.45) is 0 Å². The number of rotatable bonds is 4. The Labute approximate surface area is 121 Å². The van der Waals surface area contributed by atoms with E-state index in [4.69, 9.17) is 0 Å². The number of carbonyl (C=O) groups excluding carboxylic acids is 1. The van der Waals surface area contributed by atoms with Gasteiger partial charge in [-0.05, 0) is 18.9 Å². The van der Waals surface area contributed by atoms with Gasteiger partial charge in [0.25, 0.3) is 0 Å². The predicted octanol–water partition coefficient (Wildman–Crippen LogP) is 2.56. The van der Waals surface area contributed by atoms with Crippen molar-refractivity contribution in [3.8, 4) is 0 Å². The van der Waals surface area contributed by atoms with Gasteiger partial charge in [-0.15, -0.1) is 0 Å². The third kappa shape index (κ3) is 2.25. The van der Waals surface area contributed by atoms with Crippen LogP contribution in [0, 0.1) is 0 Å². The number of carbonyl (C=O) groups is 1. The molecule has 106 valence electrons. The number of aromatic nitrogens is 2. The average molecular weight is 310 g/mol. The molecule has 0 amide bonds. The van der Waals surface area contributed by atoms with Crippen molar-refractivity contribution in [3.05, 3.63) is 16.8 Å². The zero-order chi connectivity index (χ0) is 14.5. The van der Waals surface area contributed by atoms with Gasteiger partial charge in [0, 0.05) is 12.8 Å². The van der Waals surface area contributed by atoms with E-state index < -0.39 is 9.84 Å². The van der Waals surface area contributed by atoms with E-state index in [2.05, 4.69) is 9.97 Å². The number of Topliss-reactive ketones (excluding diaryl/α,β-unsaturated/α-hetero) is 1. The van der Waals surface area contributed by atoms with Gasteiger partial charge >= 0.3 is 0 Å². The molecule has 0 aromatic carbocycles. The van der Waals surface area contributed by atoms with E-state index in [1.165, 1.54) is 24.3 Å². The largest absolute Gasteiger partial charge is 0.293 e.